The molecule has 132 valence electrons. The normalized spacial score (nSPS) is 11.2. The molecule has 0 aliphatic carbocycles. The average molecular weight is 343 g/mol. The van der Waals surface area contributed by atoms with E-state index in [-0.39, 0.29) is 0 Å². The Balaban J connectivity index is 1.85. The van der Waals surface area contributed by atoms with Crippen LogP contribution in [-0.4, -0.2) is 12.5 Å². The zero-order valence-electron chi connectivity index (χ0n) is 15.2. The summed E-state index contributed by atoms with van der Waals surface area (Å²) in [5.41, 5.74) is 3.62. The van der Waals surface area contributed by atoms with Crippen molar-refractivity contribution < 1.29 is 0 Å². The van der Waals surface area contributed by atoms with Gasteiger partial charge in [-0.25, -0.2) is 0 Å². The summed E-state index contributed by atoms with van der Waals surface area (Å²) in [4.78, 5) is 6.98. The standard InChI is InChI=1S/C23H25N3/c1-2-24-23(25-18-20-12-6-3-7-13-20)26(22-16-10-5-11-17-22)19-21-14-8-4-9-15-21/h3-17H,2,18-19H2,1H3,(H,24,25). The van der Waals surface area contributed by atoms with E-state index in [1.165, 1.54) is 11.1 Å². The maximum atomic E-state index is 4.74. The number of aliphatic imine (C=N–C) groups is 1. The summed E-state index contributed by atoms with van der Waals surface area (Å²) >= 11 is 0. The summed E-state index contributed by atoms with van der Waals surface area (Å²) in [6.07, 6.45) is 0. The molecule has 3 aromatic carbocycles. The lowest BCUT2D eigenvalue weighted by Gasteiger charge is -2.27. The van der Waals surface area contributed by atoms with E-state index in [1.54, 1.807) is 0 Å². The Morgan fingerprint density at radius 2 is 1.31 bits per heavy atom. The monoisotopic (exact) mass is 343 g/mol. The van der Waals surface area contributed by atoms with Crippen LogP contribution >= 0.6 is 0 Å². The Kier molecular flexibility index (Phi) is 6.43. The van der Waals surface area contributed by atoms with Crippen LogP contribution in [0.1, 0.15) is 18.1 Å². The van der Waals surface area contributed by atoms with E-state index in [4.69, 9.17) is 4.99 Å². The van der Waals surface area contributed by atoms with Crippen LogP contribution in [0.3, 0.4) is 0 Å². The lowest BCUT2D eigenvalue weighted by Crippen LogP contribution is -2.41. The van der Waals surface area contributed by atoms with Crippen molar-refractivity contribution in [2.75, 3.05) is 11.4 Å². The molecule has 0 unspecified atom stereocenters. The second-order valence-corrected chi connectivity index (χ2v) is 6.04. The first-order chi connectivity index (χ1) is 12.9. The van der Waals surface area contributed by atoms with Gasteiger partial charge in [0.25, 0.3) is 0 Å². The Labute approximate surface area is 156 Å². The number of guanidine groups is 1. The maximum Gasteiger partial charge on any atom is 0.199 e. The van der Waals surface area contributed by atoms with Crippen LogP contribution in [0.2, 0.25) is 0 Å². The molecule has 0 saturated heterocycles. The van der Waals surface area contributed by atoms with Crippen molar-refractivity contribution in [1.82, 2.24) is 5.32 Å². The number of nitrogens with zero attached hydrogens (tertiary/aromatic N) is 2. The van der Waals surface area contributed by atoms with E-state index in [0.29, 0.717) is 0 Å². The molecule has 3 heteroatoms. The second-order valence-electron chi connectivity index (χ2n) is 6.04. The van der Waals surface area contributed by atoms with Crippen molar-refractivity contribution in [2.24, 2.45) is 4.99 Å². The van der Waals surface area contributed by atoms with Crippen molar-refractivity contribution in [1.29, 1.82) is 0 Å². The van der Waals surface area contributed by atoms with Gasteiger partial charge in [-0.1, -0.05) is 78.9 Å². The average Bonchev–Trinajstić information content (AvgIpc) is 2.72. The Hall–Kier alpha value is -3.07. The molecule has 3 rings (SSSR count). The van der Waals surface area contributed by atoms with Crippen LogP contribution in [0.5, 0.6) is 0 Å². The third-order valence-corrected chi connectivity index (χ3v) is 4.11. The quantitative estimate of drug-likeness (QED) is 0.511. The molecule has 0 spiro atoms. The molecule has 0 aliphatic heterocycles. The van der Waals surface area contributed by atoms with Gasteiger partial charge in [0.05, 0.1) is 6.54 Å². The molecule has 0 saturated carbocycles. The SMILES string of the molecule is CC/N=C(\NCc1ccccc1)N(Cc1ccccc1)c1ccccc1. The van der Waals surface area contributed by atoms with Crippen LogP contribution in [-0.2, 0) is 13.1 Å². The summed E-state index contributed by atoms with van der Waals surface area (Å²) in [5, 5.41) is 3.53. The fourth-order valence-electron chi connectivity index (χ4n) is 2.83. The molecule has 0 atom stereocenters. The molecule has 3 aromatic rings. The molecule has 0 fully saturated rings. The van der Waals surface area contributed by atoms with Crippen LogP contribution in [0, 0.1) is 0 Å². The topological polar surface area (TPSA) is 27.6 Å². The highest BCUT2D eigenvalue weighted by Crippen LogP contribution is 2.17. The Morgan fingerprint density at radius 1 is 0.769 bits per heavy atom. The highest BCUT2D eigenvalue weighted by molar-refractivity contribution is 5.96. The van der Waals surface area contributed by atoms with Crippen molar-refractivity contribution in [3.05, 3.63) is 102 Å². The van der Waals surface area contributed by atoms with Crippen molar-refractivity contribution in [3.8, 4) is 0 Å². The van der Waals surface area contributed by atoms with Crippen molar-refractivity contribution in [3.63, 3.8) is 0 Å². The van der Waals surface area contributed by atoms with E-state index < -0.39 is 0 Å². The van der Waals surface area contributed by atoms with E-state index >= 15 is 0 Å². The second kappa shape index (κ2) is 9.42. The summed E-state index contributed by atoms with van der Waals surface area (Å²) in [7, 11) is 0. The first kappa shape index (κ1) is 17.7. The molecule has 3 nitrogen and oxygen atoms in total. The molecule has 0 bridgehead atoms. The fraction of sp³-hybridized carbons (Fsp3) is 0.174. The lowest BCUT2D eigenvalue weighted by molar-refractivity contribution is 0.846. The minimum absolute atomic E-state index is 0.731. The highest BCUT2D eigenvalue weighted by Gasteiger charge is 2.14. The third-order valence-electron chi connectivity index (χ3n) is 4.11. The van der Waals surface area contributed by atoms with Gasteiger partial charge in [-0.2, -0.15) is 0 Å². The van der Waals surface area contributed by atoms with E-state index in [2.05, 4.69) is 89.9 Å². The molecule has 0 radical (unpaired) electrons. The Morgan fingerprint density at radius 3 is 1.88 bits per heavy atom. The molecule has 0 aromatic heterocycles. The number of anilines is 1. The number of hydrogen-bond donors (Lipinski definition) is 1. The predicted octanol–water partition coefficient (Wildman–Crippen LogP) is 4.86. The smallest absolute Gasteiger partial charge is 0.199 e. The molecular formula is C23H25N3. The lowest BCUT2D eigenvalue weighted by atomic mass is 10.2. The first-order valence-electron chi connectivity index (χ1n) is 9.05. The minimum Gasteiger partial charge on any atom is -0.352 e. The molecule has 26 heavy (non-hydrogen) atoms. The molecule has 1 N–H and O–H groups in total. The fourth-order valence-corrected chi connectivity index (χ4v) is 2.83. The zero-order valence-corrected chi connectivity index (χ0v) is 15.2. The number of para-hydroxylation sites is 1. The zero-order chi connectivity index (χ0) is 18.0. The number of nitrogens with one attached hydrogen (secondary N) is 1. The summed E-state index contributed by atoms with van der Waals surface area (Å²) in [6, 6.07) is 31.3. The molecular weight excluding hydrogens is 318 g/mol. The predicted molar refractivity (Wildman–Crippen MR) is 110 cm³/mol. The van der Waals surface area contributed by atoms with Gasteiger partial charge in [0, 0.05) is 18.8 Å². The number of benzene rings is 3. The van der Waals surface area contributed by atoms with Crippen LogP contribution in [0.4, 0.5) is 5.69 Å². The summed E-state index contributed by atoms with van der Waals surface area (Å²) < 4.78 is 0. The van der Waals surface area contributed by atoms with Gasteiger partial charge in [-0.05, 0) is 30.2 Å². The molecule has 0 amide bonds. The van der Waals surface area contributed by atoms with Crippen LogP contribution in [0.15, 0.2) is 96.0 Å². The third kappa shape index (κ3) is 4.96. The van der Waals surface area contributed by atoms with Crippen LogP contribution in [0.25, 0.3) is 0 Å². The molecule has 0 heterocycles. The number of hydrogen-bond acceptors (Lipinski definition) is 1. The van der Waals surface area contributed by atoms with Gasteiger partial charge in [0.15, 0.2) is 5.96 Å². The largest absolute Gasteiger partial charge is 0.352 e. The van der Waals surface area contributed by atoms with Gasteiger partial charge < -0.3 is 10.2 Å². The van der Waals surface area contributed by atoms with E-state index in [1.807, 2.05) is 18.2 Å². The van der Waals surface area contributed by atoms with Gasteiger partial charge in [-0.3, -0.25) is 4.99 Å². The van der Waals surface area contributed by atoms with Gasteiger partial charge in [0.2, 0.25) is 0 Å². The van der Waals surface area contributed by atoms with Gasteiger partial charge in [-0.15, -0.1) is 0 Å². The first-order valence-corrected chi connectivity index (χ1v) is 9.05. The Bertz CT molecular complexity index is 799. The van der Waals surface area contributed by atoms with Gasteiger partial charge in [0.1, 0.15) is 0 Å². The van der Waals surface area contributed by atoms with E-state index in [9.17, 15) is 0 Å². The summed E-state index contributed by atoms with van der Waals surface area (Å²) in [6.45, 7) is 4.31. The molecule has 0 aliphatic rings. The van der Waals surface area contributed by atoms with Crippen LogP contribution < -0.4 is 10.2 Å². The van der Waals surface area contributed by atoms with E-state index in [0.717, 1.165) is 31.3 Å². The highest BCUT2D eigenvalue weighted by atomic mass is 15.3. The number of rotatable bonds is 6. The van der Waals surface area contributed by atoms with Crippen molar-refractivity contribution in [2.45, 2.75) is 20.0 Å². The maximum absolute atomic E-state index is 4.74. The summed E-state index contributed by atoms with van der Waals surface area (Å²) in [5.74, 6) is 0.895. The minimum atomic E-state index is 0.731. The van der Waals surface area contributed by atoms with Gasteiger partial charge >= 0.3 is 0 Å². The van der Waals surface area contributed by atoms with Crippen molar-refractivity contribution >= 4 is 11.6 Å².